The molecule has 6 heteroatoms. The monoisotopic (exact) mass is 295 g/mol. The van der Waals surface area contributed by atoms with Crippen LogP contribution in [-0.2, 0) is 16.0 Å². The molecule has 1 aliphatic heterocycles. The third-order valence-electron chi connectivity index (χ3n) is 3.42. The minimum Gasteiger partial charge on any atom is -0.347 e. The van der Waals surface area contributed by atoms with Gasteiger partial charge in [-0.1, -0.05) is 0 Å². The fourth-order valence-corrected chi connectivity index (χ4v) is 2.96. The number of likely N-dealkylation sites (tertiary alicyclic amines) is 1. The van der Waals surface area contributed by atoms with Crippen LogP contribution in [0.25, 0.3) is 0 Å². The molecular weight excluding hydrogens is 274 g/mol. The van der Waals surface area contributed by atoms with Crippen molar-refractivity contribution in [2.45, 2.75) is 38.5 Å². The second kappa shape index (κ2) is 7.99. The quantitative estimate of drug-likeness (QED) is 0.867. The van der Waals surface area contributed by atoms with Gasteiger partial charge in [-0.2, -0.15) is 0 Å². The highest BCUT2D eigenvalue weighted by Gasteiger charge is 2.16. The molecule has 0 aliphatic carbocycles. The van der Waals surface area contributed by atoms with Gasteiger partial charge < -0.3 is 10.2 Å². The third-order valence-corrected chi connectivity index (χ3v) is 4.26. The largest absolute Gasteiger partial charge is 0.347 e. The van der Waals surface area contributed by atoms with Gasteiger partial charge >= 0.3 is 0 Å². The van der Waals surface area contributed by atoms with Crippen molar-refractivity contribution in [3.05, 3.63) is 16.6 Å². The summed E-state index contributed by atoms with van der Waals surface area (Å²) >= 11 is 1.61. The van der Waals surface area contributed by atoms with Crippen LogP contribution in [0.1, 0.15) is 37.1 Å². The number of hydrogen-bond donors (Lipinski definition) is 1. The van der Waals surface area contributed by atoms with Gasteiger partial charge in [0.25, 0.3) is 0 Å². The van der Waals surface area contributed by atoms with Crippen molar-refractivity contribution in [2.24, 2.45) is 0 Å². The van der Waals surface area contributed by atoms with E-state index in [-0.39, 0.29) is 18.4 Å². The number of aromatic nitrogens is 1. The zero-order chi connectivity index (χ0) is 14.2. The summed E-state index contributed by atoms with van der Waals surface area (Å²) in [5.74, 6) is -0.00936. The van der Waals surface area contributed by atoms with Gasteiger partial charge in [-0.25, -0.2) is 4.98 Å². The maximum absolute atomic E-state index is 11.9. The van der Waals surface area contributed by atoms with Crippen molar-refractivity contribution in [3.63, 3.8) is 0 Å². The topological polar surface area (TPSA) is 62.3 Å². The lowest BCUT2D eigenvalue weighted by Crippen LogP contribution is -2.42. The molecule has 20 heavy (non-hydrogen) atoms. The molecule has 1 aromatic rings. The van der Waals surface area contributed by atoms with E-state index >= 15 is 0 Å². The molecule has 2 amide bonds. The molecule has 0 bridgehead atoms. The summed E-state index contributed by atoms with van der Waals surface area (Å²) < 4.78 is 0. The van der Waals surface area contributed by atoms with Gasteiger partial charge in [0.2, 0.25) is 11.8 Å². The van der Waals surface area contributed by atoms with E-state index in [1.165, 1.54) is 6.42 Å². The molecule has 1 aliphatic rings. The first-order valence-corrected chi connectivity index (χ1v) is 8.06. The number of rotatable bonds is 6. The van der Waals surface area contributed by atoms with Crippen LogP contribution in [0, 0.1) is 0 Å². The Morgan fingerprint density at radius 2 is 2.10 bits per heavy atom. The highest BCUT2D eigenvalue weighted by atomic mass is 32.1. The second-order valence-corrected chi connectivity index (χ2v) is 5.98. The summed E-state index contributed by atoms with van der Waals surface area (Å²) in [4.78, 5) is 29.5. The smallest absolute Gasteiger partial charge is 0.241 e. The highest BCUT2D eigenvalue weighted by Crippen LogP contribution is 2.09. The number of aryl methyl sites for hydroxylation is 1. The van der Waals surface area contributed by atoms with Gasteiger partial charge in [-0.15, -0.1) is 11.3 Å². The maximum atomic E-state index is 11.9. The Morgan fingerprint density at radius 1 is 1.30 bits per heavy atom. The van der Waals surface area contributed by atoms with Crippen LogP contribution < -0.4 is 5.32 Å². The number of amides is 2. The summed E-state index contributed by atoms with van der Waals surface area (Å²) in [5.41, 5.74) is 0. The zero-order valence-corrected chi connectivity index (χ0v) is 12.5. The molecule has 0 atom stereocenters. The van der Waals surface area contributed by atoms with Crippen molar-refractivity contribution in [3.8, 4) is 0 Å². The van der Waals surface area contributed by atoms with Gasteiger partial charge in [0.05, 0.1) is 11.6 Å². The average molecular weight is 295 g/mol. The summed E-state index contributed by atoms with van der Waals surface area (Å²) in [6, 6.07) is 0. The maximum Gasteiger partial charge on any atom is 0.241 e. The first-order chi connectivity index (χ1) is 9.75. The lowest BCUT2D eigenvalue weighted by molar-refractivity contribution is -0.133. The van der Waals surface area contributed by atoms with E-state index in [1.54, 1.807) is 17.5 Å². The van der Waals surface area contributed by atoms with Gasteiger partial charge in [-0.3, -0.25) is 9.59 Å². The Hall–Kier alpha value is -1.43. The van der Waals surface area contributed by atoms with E-state index in [1.807, 2.05) is 10.3 Å². The number of piperidine rings is 1. The molecule has 5 nitrogen and oxygen atoms in total. The van der Waals surface area contributed by atoms with Crippen LogP contribution in [-0.4, -0.2) is 41.3 Å². The van der Waals surface area contributed by atoms with Crippen LogP contribution in [0.3, 0.4) is 0 Å². The Balaban J connectivity index is 1.58. The molecule has 0 aromatic carbocycles. The van der Waals surface area contributed by atoms with E-state index < -0.39 is 0 Å². The van der Waals surface area contributed by atoms with E-state index in [4.69, 9.17) is 0 Å². The molecule has 2 rings (SSSR count). The Kier molecular flexibility index (Phi) is 5.98. The molecule has 1 N–H and O–H groups in total. The molecule has 110 valence electrons. The standard InChI is InChI=1S/C14H21N3O2S/c18-12(5-4-6-13-15-7-10-20-13)16-11-14(19)17-8-2-1-3-9-17/h7,10H,1-6,8-9,11H2,(H,16,18). The number of hydrogen-bond acceptors (Lipinski definition) is 4. The van der Waals surface area contributed by atoms with Crippen LogP contribution in [0.2, 0.25) is 0 Å². The Labute approximate surface area is 123 Å². The van der Waals surface area contributed by atoms with E-state index in [2.05, 4.69) is 10.3 Å². The van der Waals surface area contributed by atoms with Crippen LogP contribution in [0.15, 0.2) is 11.6 Å². The van der Waals surface area contributed by atoms with Crippen molar-refractivity contribution in [1.29, 1.82) is 0 Å². The highest BCUT2D eigenvalue weighted by molar-refractivity contribution is 7.09. The fourth-order valence-electron chi connectivity index (χ4n) is 2.29. The number of nitrogens with one attached hydrogen (secondary N) is 1. The van der Waals surface area contributed by atoms with Crippen molar-refractivity contribution < 1.29 is 9.59 Å². The van der Waals surface area contributed by atoms with Crippen molar-refractivity contribution >= 4 is 23.2 Å². The average Bonchev–Trinajstić information content (AvgIpc) is 2.99. The van der Waals surface area contributed by atoms with Gasteiger partial charge in [0.15, 0.2) is 0 Å². The summed E-state index contributed by atoms with van der Waals surface area (Å²) in [5, 5.41) is 5.71. The van der Waals surface area contributed by atoms with E-state index in [0.717, 1.165) is 43.8 Å². The summed E-state index contributed by atoms with van der Waals surface area (Å²) in [6.45, 7) is 1.80. The molecule has 2 heterocycles. The van der Waals surface area contributed by atoms with Gasteiger partial charge in [-0.05, 0) is 32.1 Å². The molecule has 1 saturated heterocycles. The van der Waals surface area contributed by atoms with Crippen molar-refractivity contribution in [2.75, 3.05) is 19.6 Å². The minimum atomic E-state index is -0.0492. The van der Waals surface area contributed by atoms with Crippen LogP contribution in [0.4, 0.5) is 0 Å². The predicted octanol–water partition coefficient (Wildman–Crippen LogP) is 1.59. The summed E-state index contributed by atoms with van der Waals surface area (Å²) in [7, 11) is 0. The predicted molar refractivity (Wildman–Crippen MR) is 78.5 cm³/mol. The zero-order valence-electron chi connectivity index (χ0n) is 11.6. The molecule has 0 spiro atoms. The van der Waals surface area contributed by atoms with Crippen LogP contribution >= 0.6 is 11.3 Å². The Bertz CT molecular complexity index is 428. The van der Waals surface area contributed by atoms with E-state index in [9.17, 15) is 9.59 Å². The molecule has 1 aromatic heterocycles. The molecular formula is C14H21N3O2S. The fraction of sp³-hybridized carbons (Fsp3) is 0.643. The molecule has 1 fully saturated rings. The number of thiazole rings is 1. The first kappa shape index (κ1) is 15.0. The van der Waals surface area contributed by atoms with Crippen LogP contribution in [0.5, 0.6) is 0 Å². The molecule has 0 saturated carbocycles. The van der Waals surface area contributed by atoms with Crippen molar-refractivity contribution in [1.82, 2.24) is 15.2 Å². The lowest BCUT2D eigenvalue weighted by atomic mass is 10.1. The molecule has 0 unspecified atom stereocenters. The van der Waals surface area contributed by atoms with E-state index in [0.29, 0.717) is 6.42 Å². The lowest BCUT2D eigenvalue weighted by Gasteiger charge is -2.26. The minimum absolute atomic E-state index is 0.0398. The number of nitrogens with zero attached hydrogens (tertiary/aromatic N) is 2. The normalized spacial score (nSPS) is 15.1. The first-order valence-electron chi connectivity index (χ1n) is 7.18. The van der Waals surface area contributed by atoms with Gasteiger partial charge in [0, 0.05) is 31.1 Å². The summed E-state index contributed by atoms with van der Waals surface area (Å²) in [6.07, 6.45) is 7.18. The third kappa shape index (κ3) is 4.92. The number of carbonyl (C=O) groups excluding carboxylic acids is 2. The SMILES string of the molecule is O=C(CCCc1nccs1)NCC(=O)N1CCCCC1. The Morgan fingerprint density at radius 3 is 2.80 bits per heavy atom. The second-order valence-electron chi connectivity index (χ2n) is 5.00. The number of carbonyl (C=O) groups is 2. The van der Waals surface area contributed by atoms with Gasteiger partial charge in [0.1, 0.15) is 0 Å². The molecule has 0 radical (unpaired) electrons.